The van der Waals surface area contributed by atoms with Crippen LogP contribution in [0.15, 0.2) is 137 Å². The van der Waals surface area contributed by atoms with Crippen molar-refractivity contribution in [1.82, 2.24) is 5.06 Å². The number of para-hydroxylation sites is 2. The van der Waals surface area contributed by atoms with Crippen LogP contribution in [0.25, 0.3) is 0 Å². The molecule has 0 fully saturated rings. The van der Waals surface area contributed by atoms with Crippen LogP contribution < -0.4 is 39.2 Å². The Labute approximate surface area is 393 Å². The molecule has 0 saturated heterocycles. The fourth-order valence-corrected chi connectivity index (χ4v) is 9.39. The number of unbranched alkanes of at least 4 members (excludes halogenated alkanes) is 3. The van der Waals surface area contributed by atoms with E-state index in [4.69, 9.17) is 9.57 Å². The number of imide groups is 1. The molecular formula is C50H55N3NaO8S+. The predicted octanol–water partition coefficient (Wildman–Crippen LogP) is 6.40. The second-order valence-electron chi connectivity index (χ2n) is 17.2. The summed E-state index contributed by atoms with van der Waals surface area (Å²) < 4.78 is 44.4. The van der Waals surface area contributed by atoms with Crippen molar-refractivity contribution in [2.45, 2.75) is 108 Å². The molecule has 0 saturated carbocycles. The molecule has 4 aliphatic rings. The quantitative estimate of drug-likeness (QED) is 0.0527. The first-order valence-electron chi connectivity index (χ1n) is 21.6. The Hall–Kier alpha value is -4.85. The van der Waals surface area contributed by atoms with Crippen LogP contribution in [-0.4, -0.2) is 59.2 Å². The molecule has 0 aromatic heterocycles. The maximum absolute atomic E-state index is 12.4. The summed E-state index contributed by atoms with van der Waals surface area (Å²) in [5.41, 5.74) is 8.67. The van der Waals surface area contributed by atoms with Gasteiger partial charge in [-0.1, -0.05) is 74.7 Å². The third-order valence-corrected chi connectivity index (χ3v) is 13.1. The van der Waals surface area contributed by atoms with E-state index in [2.05, 4.69) is 111 Å². The molecular weight excluding hydrogens is 826 g/mol. The average molecular weight is 881 g/mol. The molecule has 2 amide bonds. The van der Waals surface area contributed by atoms with E-state index in [0.717, 1.165) is 86.2 Å². The number of rotatable bonds is 16. The number of hydrogen-bond donors (Lipinski definition) is 0. The standard InChI is InChI=1S/C50H55N3O8S.Na/c1-6-7-33-51-41-20-12-10-18-39(41)49(2,3)43(51)29-23-35-16-15-17-36(48(35)60-37-25-27-38(28-26-37)62(57,58)59)24-30-44-50(4,5)40-19-11-13-21-42(40)52(44)34-14-8-9-22-47(56)61-53-45(54)31-32-46(53)55;/h10-13,18-21,23-32H,6-9,14-17,22,33-34H2,1-5H3;/q;+1. The van der Waals surface area contributed by atoms with Crippen molar-refractivity contribution >= 4 is 45.0 Å². The third kappa shape index (κ3) is 10.3. The molecule has 0 N–H and O–H groups in total. The van der Waals surface area contributed by atoms with E-state index in [1.807, 2.05) is 6.07 Å². The molecule has 3 aliphatic heterocycles. The van der Waals surface area contributed by atoms with Crippen molar-refractivity contribution in [2.24, 2.45) is 0 Å². The van der Waals surface area contributed by atoms with Gasteiger partial charge in [0.15, 0.2) is 5.71 Å². The van der Waals surface area contributed by atoms with Crippen LogP contribution in [0.2, 0.25) is 0 Å². The van der Waals surface area contributed by atoms with Crippen molar-refractivity contribution in [3.8, 4) is 5.75 Å². The van der Waals surface area contributed by atoms with Crippen LogP contribution in [0.4, 0.5) is 11.4 Å². The Kier molecular flexibility index (Phi) is 15.0. The summed E-state index contributed by atoms with van der Waals surface area (Å²) in [5, 5.41) is 0.488. The van der Waals surface area contributed by atoms with E-state index in [1.54, 1.807) is 0 Å². The van der Waals surface area contributed by atoms with Crippen molar-refractivity contribution in [2.75, 3.05) is 18.0 Å². The molecule has 324 valence electrons. The normalized spacial score (nSPS) is 19.1. The van der Waals surface area contributed by atoms with Gasteiger partial charge in [0.25, 0.3) is 11.8 Å². The summed E-state index contributed by atoms with van der Waals surface area (Å²) >= 11 is 0. The van der Waals surface area contributed by atoms with Gasteiger partial charge in [-0.05, 0) is 112 Å². The summed E-state index contributed by atoms with van der Waals surface area (Å²) in [6.07, 6.45) is 17.6. The summed E-state index contributed by atoms with van der Waals surface area (Å²) in [6.45, 7) is 12.8. The minimum Gasteiger partial charge on any atom is -0.744 e. The zero-order valence-electron chi connectivity index (χ0n) is 37.2. The van der Waals surface area contributed by atoms with Gasteiger partial charge in [-0.25, -0.2) is 13.2 Å². The van der Waals surface area contributed by atoms with Crippen LogP contribution in [-0.2, 0) is 40.2 Å². The molecule has 0 radical (unpaired) electrons. The maximum atomic E-state index is 12.4. The molecule has 0 spiro atoms. The van der Waals surface area contributed by atoms with Gasteiger partial charge in [0, 0.05) is 66.0 Å². The number of carbonyl (C=O) groups is 3. The number of anilines is 1. The van der Waals surface area contributed by atoms with Crippen LogP contribution in [0.1, 0.15) is 104 Å². The van der Waals surface area contributed by atoms with Crippen LogP contribution >= 0.6 is 0 Å². The topological polar surface area (TPSA) is 136 Å². The molecule has 1 aliphatic carbocycles. The van der Waals surface area contributed by atoms with Gasteiger partial charge >= 0.3 is 35.5 Å². The summed E-state index contributed by atoms with van der Waals surface area (Å²) in [7, 11) is -4.62. The molecule has 3 aromatic carbocycles. The zero-order valence-corrected chi connectivity index (χ0v) is 40.0. The Morgan fingerprint density at radius 2 is 1.51 bits per heavy atom. The minimum absolute atomic E-state index is 0. The smallest absolute Gasteiger partial charge is 0.744 e. The predicted molar refractivity (Wildman–Crippen MR) is 238 cm³/mol. The summed E-state index contributed by atoms with van der Waals surface area (Å²) in [5.74, 6) is -0.820. The van der Waals surface area contributed by atoms with E-state index >= 15 is 0 Å². The van der Waals surface area contributed by atoms with Gasteiger partial charge in [-0.3, -0.25) is 9.59 Å². The summed E-state index contributed by atoms with van der Waals surface area (Å²) in [6, 6.07) is 22.6. The van der Waals surface area contributed by atoms with Crippen molar-refractivity contribution in [3.05, 3.63) is 143 Å². The Morgan fingerprint density at radius 1 is 0.825 bits per heavy atom. The molecule has 63 heavy (non-hydrogen) atoms. The number of fused-ring (bicyclic) bond motifs is 2. The molecule has 13 heteroatoms. The van der Waals surface area contributed by atoms with Gasteiger partial charge in [0.1, 0.15) is 28.2 Å². The van der Waals surface area contributed by atoms with E-state index in [-0.39, 0.29) is 51.7 Å². The maximum Gasteiger partial charge on any atom is 1.00 e. The number of benzene rings is 3. The number of nitrogens with zero attached hydrogens (tertiary/aromatic N) is 3. The second-order valence-corrected chi connectivity index (χ2v) is 18.6. The number of hydrogen-bond acceptors (Lipinski definition) is 9. The van der Waals surface area contributed by atoms with Crippen LogP contribution in [0.5, 0.6) is 5.75 Å². The van der Waals surface area contributed by atoms with Crippen LogP contribution in [0, 0.1) is 0 Å². The fraction of sp³-hybridized carbons (Fsp3) is 0.360. The van der Waals surface area contributed by atoms with Crippen molar-refractivity contribution < 1.29 is 71.1 Å². The minimum atomic E-state index is -4.62. The van der Waals surface area contributed by atoms with Gasteiger partial charge < -0.3 is 19.0 Å². The number of amides is 2. The zero-order chi connectivity index (χ0) is 44.2. The first-order chi connectivity index (χ1) is 29.6. The first-order valence-corrected chi connectivity index (χ1v) is 23.0. The van der Waals surface area contributed by atoms with Crippen molar-refractivity contribution in [3.63, 3.8) is 0 Å². The van der Waals surface area contributed by atoms with Gasteiger partial charge in [0.05, 0.1) is 10.3 Å². The van der Waals surface area contributed by atoms with E-state index in [0.29, 0.717) is 29.5 Å². The largest absolute Gasteiger partial charge is 1.00 e. The number of allylic oxidation sites excluding steroid dienone is 7. The van der Waals surface area contributed by atoms with Gasteiger partial charge in [0.2, 0.25) is 5.69 Å². The Bertz CT molecular complexity index is 2550. The molecule has 7 rings (SSSR count). The second kappa shape index (κ2) is 19.9. The van der Waals surface area contributed by atoms with Gasteiger partial charge in [-0.15, -0.1) is 0 Å². The van der Waals surface area contributed by atoms with Gasteiger partial charge in [-0.2, -0.15) is 4.58 Å². The Balaban J connectivity index is 0.00000661. The first kappa shape index (κ1) is 47.6. The Morgan fingerprint density at radius 3 is 2.21 bits per heavy atom. The number of ether oxygens (including phenoxy) is 1. The fourth-order valence-electron chi connectivity index (χ4n) is 8.92. The molecule has 3 aromatic rings. The van der Waals surface area contributed by atoms with E-state index in [9.17, 15) is 27.4 Å². The number of hydroxylamine groups is 2. The van der Waals surface area contributed by atoms with E-state index in [1.165, 1.54) is 46.8 Å². The monoisotopic (exact) mass is 880 g/mol. The summed E-state index contributed by atoms with van der Waals surface area (Å²) in [4.78, 5) is 43.1. The van der Waals surface area contributed by atoms with Crippen LogP contribution in [0.3, 0.4) is 0 Å². The molecule has 0 atom stereocenters. The van der Waals surface area contributed by atoms with E-state index < -0.39 is 27.9 Å². The molecule has 11 nitrogen and oxygen atoms in total. The molecule has 3 heterocycles. The number of carbonyl (C=O) groups excluding carboxylic acids is 3. The molecule has 0 bridgehead atoms. The molecule has 0 unspecified atom stereocenters. The third-order valence-electron chi connectivity index (χ3n) is 12.3. The SMILES string of the molecule is CCCCN1/C(=C/C=C2\CCCC(/C=C/C3=[N+](CCCCCC(=O)ON4C(=O)C=CC4=O)c4ccccc4C3(C)C)=C2Oc2ccc(S(=O)(=O)[O-])cc2)C(C)(C)c2ccccc21.[Na+]. The average Bonchev–Trinajstić information content (AvgIpc) is 3.76. The van der Waals surface area contributed by atoms with Crippen molar-refractivity contribution in [1.29, 1.82) is 0 Å².